The van der Waals surface area contributed by atoms with E-state index in [-0.39, 0.29) is 29.0 Å². The number of nitrogens with one attached hydrogen (secondary N) is 1. The molecule has 10 nitrogen and oxygen atoms in total. The van der Waals surface area contributed by atoms with Crippen LogP contribution in [0.1, 0.15) is 47.4 Å². The number of nitrogens with zero attached hydrogens (tertiary/aromatic N) is 5. The number of nitrogens with two attached hydrogens (primary N) is 1. The number of carbonyl (C=O) groups is 2. The highest BCUT2D eigenvalue weighted by molar-refractivity contribution is 6.30. The van der Waals surface area contributed by atoms with Crippen molar-refractivity contribution >= 4 is 40.6 Å². The van der Waals surface area contributed by atoms with Crippen molar-refractivity contribution in [1.29, 1.82) is 0 Å². The molecule has 6 rings (SSSR count). The van der Waals surface area contributed by atoms with Crippen LogP contribution >= 0.6 is 11.6 Å². The summed E-state index contributed by atoms with van der Waals surface area (Å²) in [5.41, 5.74) is 6.69. The summed E-state index contributed by atoms with van der Waals surface area (Å²) in [6.45, 7) is 3.84. The highest BCUT2D eigenvalue weighted by Crippen LogP contribution is 2.38. The summed E-state index contributed by atoms with van der Waals surface area (Å²) in [5, 5.41) is 2.71. The third kappa shape index (κ3) is 5.38. The topological polar surface area (TPSA) is 128 Å². The van der Waals surface area contributed by atoms with Crippen LogP contribution in [-0.4, -0.2) is 62.4 Å². The molecule has 3 N–H and O–H groups in total. The van der Waals surface area contributed by atoms with Crippen LogP contribution in [0.15, 0.2) is 48.8 Å². The molecule has 43 heavy (non-hydrogen) atoms. The molecule has 2 aliphatic rings. The molecule has 0 bridgehead atoms. The SMILES string of the molecule is CC1(C(=O)N2CCC[C@@H](c3nc(-c4ccc(C(=O)Nc5cc(C(F)(F)F)ccn5)cc4)c4c(N)ncc(Cl)n34)C2)COC1. The maximum absolute atomic E-state index is 13.2. The lowest BCUT2D eigenvalue weighted by Crippen LogP contribution is -2.55. The molecule has 2 fully saturated rings. The lowest BCUT2D eigenvalue weighted by Gasteiger charge is -2.42. The number of carbonyl (C=O) groups excluding carboxylic acids is 2. The zero-order valence-corrected chi connectivity index (χ0v) is 23.7. The van der Waals surface area contributed by atoms with Gasteiger partial charge in [-0.3, -0.25) is 14.0 Å². The summed E-state index contributed by atoms with van der Waals surface area (Å²) in [6, 6.07) is 7.97. The number of piperidine rings is 1. The van der Waals surface area contributed by atoms with Crippen LogP contribution < -0.4 is 11.1 Å². The Kier molecular flexibility index (Phi) is 7.25. The predicted octanol–water partition coefficient (Wildman–Crippen LogP) is 5.04. The first-order valence-corrected chi connectivity index (χ1v) is 14.0. The second kappa shape index (κ2) is 10.8. The standard InChI is InChI=1S/C29H27ClF3N7O3/c1-28(14-43-15-28)27(42)39-10-2-3-18(13-39)25-38-22(23-24(34)36-12-20(30)40(23)25)16-4-6-17(7-5-16)26(41)37-21-11-19(8-9-35-21)29(31,32)33/h4-9,11-12,18H,2-3,10,13-15H2,1H3,(H2,34,36)(H,35,37,41)/t18-/m1/s1. The van der Waals surface area contributed by atoms with Crippen molar-refractivity contribution in [3.05, 3.63) is 70.9 Å². The van der Waals surface area contributed by atoms with E-state index in [1.54, 1.807) is 16.5 Å². The van der Waals surface area contributed by atoms with Gasteiger partial charge in [0.2, 0.25) is 5.91 Å². The van der Waals surface area contributed by atoms with Crippen molar-refractivity contribution in [3.63, 3.8) is 0 Å². The maximum atomic E-state index is 13.2. The fraction of sp³-hybridized carbons (Fsp3) is 0.345. The first-order chi connectivity index (χ1) is 20.4. The number of pyridine rings is 1. The van der Waals surface area contributed by atoms with E-state index in [0.29, 0.717) is 54.1 Å². The summed E-state index contributed by atoms with van der Waals surface area (Å²) in [6.07, 6.45) is -0.551. The Morgan fingerprint density at radius 3 is 2.58 bits per heavy atom. The van der Waals surface area contributed by atoms with E-state index in [4.69, 9.17) is 27.1 Å². The van der Waals surface area contributed by atoms with E-state index in [1.165, 1.54) is 18.3 Å². The summed E-state index contributed by atoms with van der Waals surface area (Å²) in [7, 11) is 0. The molecule has 0 radical (unpaired) electrons. The van der Waals surface area contributed by atoms with Gasteiger partial charge in [-0.05, 0) is 44.0 Å². The van der Waals surface area contributed by atoms with Crippen LogP contribution in [-0.2, 0) is 15.7 Å². The number of fused-ring (bicyclic) bond motifs is 1. The number of hydrogen-bond donors (Lipinski definition) is 2. The van der Waals surface area contributed by atoms with E-state index in [1.807, 2.05) is 11.8 Å². The van der Waals surface area contributed by atoms with Crippen molar-refractivity contribution < 1.29 is 27.5 Å². The number of amides is 2. The first kappa shape index (κ1) is 28.9. The van der Waals surface area contributed by atoms with Crippen molar-refractivity contribution in [2.24, 2.45) is 5.41 Å². The van der Waals surface area contributed by atoms with Crippen LogP contribution in [0.25, 0.3) is 16.8 Å². The molecule has 4 aromatic rings. The Bertz CT molecular complexity index is 1720. The first-order valence-electron chi connectivity index (χ1n) is 13.6. The number of halogens is 4. The molecule has 0 spiro atoms. The third-order valence-electron chi connectivity index (χ3n) is 7.85. The van der Waals surface area contributed by atoms with Gasteiger partial charge in [0, 0.05) is 36.3 Å². The van der Waals surface area contributed by atoms with Gasteiger partial charge in [-0.1, -0.05) is 23.7 Å². The van der Waals surface area contributed by atoms with Gasteiger partial charge in [0.05, 0.1) is 30.4 Å². The smallest absolute Gasteiger partial charge is 0.382 e. The molecule has 0 saturated carbocycles. The quantitative estimate of drug-likeness (QED) is 0.323. The van der Waals surface area contributed by atoms with Crippen LogP contribution in [0, 0.1) is 5.41 Å². The molecule has 14 heteroatoms. The average Bonchev–Trinajstić information content (AvgIpc) is 3.39. The molecule has 1 atom stereocenters. The zero-order valence-electron chi connectivity index (χ0n) is 23.0. The van der Waals surface area contributed by atoms with E-state index < -0.39 is 23.1 Å². The van der Waals surface area contributed by atoms with E-state index >= 15 is 0 Å². The Morgan fingerprint density at radius 2 is 1.91 bits per heavy atom. The third-order valence-corrected chi connectivity index (χ3v) is 8.12. The fourth-order valence-electron chi connectivity index (χ4n) is 5.54. The number of benzene rings is 1. The van der Waals surface area contributed by atoms with Crippen LogP contribution in [0.4, 0.5) is 24.8 Å². The predicted molar refractivity (Wildman–Crippen MR) is 153 cm³/mol. The van der Waals surface area contributed by atoms with Crippen LogP contribution in [0.3, 0.4) is 0 Å². The van der Waals surface area contributed by atoms with Crippen molar-refractivity contribution in [3.8, 4) is 11.3 Å². The highest BCUT2D eigenvalue weighted by Gasteiger charge is 2.45. The maximum Gasteiger partial charge on any atom is 0.416 e. The molecule has 0 unspecified atom stereocenters. The largest absolute Gasteiger partial charge is 0.416 e. The number of nitrogen functional groups attached to an aromatic ring is 1. The Hall–Kier alpha value is -4.23. The second-order valence-electron chi connectivity index (χ2n) is 11.1. The molecule has 2 aliphatic heterocycles. The number of rotatable bonds is 5. The minimum atomic E-state index is -4.56. The molecule has 5 heterocycles. The Labute approximate surface area is 249 Å². The second-order valence-corrected chi connectivity index (χ2v) is 11.5. The number of hydrogen-bond acceptors (Lipinski definition) is 7. The van der Waals surface area contributed by atoms with E-state index in [2.05, 4.69) is 15.3 Å². The van der Waals surface area contributed by atoms with Gasteiger partial charge in [0.15, 0.2) is 0 Å². The molecule has 0 aliphatic carbocycles. The lowest BCUT2D eigenvalue weighted by molar-refractivity contribution is -0.170. The monoisotopic (exact) mass is 613 g/mol. The molecular weight excluding hydrogens is 587 g/mol. The molecule has 1 aromatic carbocycles. The molecule has 2 saturated heterocycles. The van der Waals surface area contributed by atoms with E-state index in [9.17, 15) is 22.8 Å². The van der Waals surface area contributed by atoms with Gasteiger partial charge in [-0.25, -0.2) is 15.0 Å². The number of aromatic nitrogens is 4. The van der Waals surface area contributed by atoms with Crippen LogP contribution in [0.2, 0.25) is 5.15 Å². The molecule has 224 valence electrons. The zero-order chi connectivity index (χ0) is 30.5. The van der Waals surface area contributed by atoms with Crippen molar-refractivity contribution in [2.45, 2.75) is 31.9 Å². The van der Waals surface area contributed by atoms with Crippen molar-refractivity contribution in [1.82, 2.24) is 24.3 Å². The molecular formula is C29H27ClF3N7O3. The van der Waals surface area contributed by atoms with Gasteiger partial charge in [-0.2, -0.15) is 13.2 Å². The minimum Gasteiger partial charge on any atom is -0.382 e. The van der Waals surface area contributed by atoms with Gasteiger partial charge in [0.25, 0.3) is 5.91 Å². The van der Waals surface area contributed by atoms with Gasteiger partial charge < -0.3 is 20.7 Å². The van der Waals surface area contributed by atoms with Gasteiger partial charge in [-0.15, -0.1) is 0 Å². The van der Waals surface area contributed by atoms with Crippen molar-refractivity contribution in [2.75, 3.05) is 37.4 Å². The average molecular weight is 614 g/mol. The number of ether oxygens (including phenoxy) is 1. The normalized spacial score (nSPS) is 18.3. The lowest BCUT2D eigenvalue weighted by atomic mass is 9.85. The summed E-state index contributed by atoms with van der Waals surface area (Å²) >= 11 is 6.62. The Morgan fingerprint density at radius 1 is 1.16 bits per heavy atom. The highest BCUT2D eigenvalue weighted by atomic mass is 35.5. The number of anilines is 2. The van der Waals surface area contributed by atoms with E-state index in [0.717, 1.165) is 31.2 Å². The number of likely N-dealkylation sites (tertiary alicyclic amines) is 1. The fourth-order valence-corrected chi connectivity index (χ4v) is 5.76. The Balaban J connectivity index is 1.29. The van der Waals surface area contributed by atoms with Crippen LogP contribution in [0.5, 0.6) is 0 Å². The van der Waals surface area contributed by atoms with Gasteiger partial charge >= 0.3 is 6.18 Å². The molecule has 3 aromatic heterocycles. The number of imidazole rings is 1. The summed E-state index contributed by atoms with van der Waals surface area (Å²) < 4.78 is 46.2. The summed E-state index contributed by atoms with van der Waals surface area (Å²) in [5.74, 6) is -0.0529. The summed E-state index contributed by atoms with van der Waals surface area (Å²) in [4.78, 5) is 40.9. The minimum absolute atomic E-state index is 0.0611. The van der Waals surface area contributed by atoms with Gasteiger partial charge in [0.1, 0.15) is 33.8 Å². The number of alkyl halides is 3. The molecule has 2 amide bonds.